The molecule has 1 aromatic heterocycles. The standard InChI is InChI=1S/C12H17BrN4/c1-4-17(7-8(2)5-14)12-11(13)9(3)10(15)6-16-12/h6,8H,4,7,15H2,1-3H3. The van der Waals surface area contributed by atoms with Gasteiger partial charge >= 0.3 is 0 Å². The van der Waals surface area contributed by atoms with Gasteiger partial charge in [-0.2, -0.15) is 5.26 Å². The zero-order valence-corrected chi connectivity index (χ0v) is 12.0. The van der Waals surface area contributed by atoms with Gasteiger partial charge in [-0.1, -0.05) is 0 Å². The SMILES string of the molecule is CCN(CC(C)C#N)c1ncc(N)c(C)c1Br. The second kappa shape index (κ2) is 5.87. The predicted octanol–water partition coefficient (Wildman–Crippen LogP) is 2.72. The summed E-state index contributed by atoms with van der Waals surface area (Å²) in [5, 5.41) is 8.87. The van der Waals surface area contributed by atoms with Gasteiger partial charge in [0.1, 0.15) is 5.82 Å². The Morgan fingerprint density at radius 2 is 2.29 bits per heavy atom. The molecule has 0 amide bonds. The number of halogens is 1. The van der Waals surface area contributed by atoms with Crippen LogP contribution in [0.5, 0.6) is 0 Å². The molecule has 1 atom stereocenters. The van der Waals surface area contributed by atoms with Gasteiger partial charge in [0, 0.05) is 13.1 Å². The molecule has 0 radical (unpaired) electrons. The van der Waals surface area contributed by atoms with Crippen LogP contribution < -0.4 is 10.6 Å². The quantitative estimate of drug-likeness (QED) is 0.928. The maximum atomic E-state index is 8.87. The number of anilines is 2. The van der Waals surface area contributed by atoms with Crippen LogP contribution in [0.2, 0.25) is 0 Å². The first kappa shape index (κ1) is 13.8. The van der Waals surface area contributed by atoms with E-state index in [0.717, 1.165) is 22.4 Å². The molecule has 0 bridgehead atoms. The van der Waals surface area contributed by atoms with Crippen LogP contribution in [0.3, 0.4) is 0 Å². The fraction of sp³-hybridized carbons (Fsp3) is 0.500. The van der Waals surface area contributed by atoms with Crippen molar-refractivity contribution in [2.75, 3.05) is 23.7 Å². The average molecular weight is 297 g/mol. The van der Waals surface area contributed by atoms with E-state index in [1.54, 1.807) is 6.20 Å². The van der Waals surface area contributed by atoms with Crippen LogP contribution in [-0.4, -0.2) is 18.1 Å². The highest BCUT2D eigenvalue weighted by atomic mass is 79.9. The minimum atomic E-state index is -0.0264. The molecule has 0 saturated carbocycles. The molecule has 1 aromatic rings. The fourth-order valence-corrected chi connectivity index (χ4v) is 2.12. The Balaban J connectivity index is 3.05. The lowest BCUT2D eigenvalue weighted by atomic mass is 10.2. The van der Waals surface area contributed by atoms with Crippen molar-refractivity contribution in [1.82, 2.24) is 4.98 Å². The number of pyridine rings is 1. The highest BCUT2D eigenvalue weighted by Gasteiger charge is 2.15. The Morgan fingerprint density at radius 1 is 1.65 bits per heavy atom. The van der Waals surface area contributed by atoms with Gasteiger partial charge in [-0.15, -0.1) is 0 Å². The molecule has 0 aliphatic heterocycles. The maximum absolute atomic E-state index is 8.87. The lowest BCUT2D eigenvalue weighted by molar-refractivity contribution is 0.678. The van der Waals surface area contributed by atoms with Crippen molar-refractivity contribution >= 4 is 27.4 Å². The summed E-state index contributed by atoms with van der Waals surface area (Å²) in [6.07, 6.45) is 1.66. The van der Waals surface area contributed by atoms with E-state index >= 15 is 0 Å². The molecule has 1 unspecified atom stereocenters. The van der Waals surface area contributed by atoms with E-state index in [9.17, 15) is 0 Å². The first-order valence-corrected chi connectivity index (χ1v) is 6.35. The molecule has 1 heterocycles. The largest absolute Gasteiger partial charge is 0.397 e. The van der Waals surface area contributed by atoms with Gasteiger partial charge in [-0.05, 0) is 42.3 Å². The maximum Gasteiger partial charge on any atom is 0.143 e. The summed E-state index contributed by atoms with van der Waals surface area (Å²) in [5.41, 5.74) is 7.45. The fourth-order valence-electron chi connectivity index (χ4n) is 1.54. The van der Waals surface area contributed by atoms with Gasteiger partial charge in [0.2, 0.25) is 0 Å². The van der Waals surface area contributed by atoms with E-state index in [2.05, 4.69) is 31.9 Å². The van der Waals surface area contributed by atoms with Crippen molar-refractivity contribution in [3.8, 4) is 6.07 Å². The second-order valence-corrected chi connectivity index (χ2v) is 4.84. The zero-order valence-electron chi connectivity index (χ0n) is 10.4. The van der Waals surface area contributed by atoms with E-state index in [0.29, 0.717) is 12.2 Å². The number of nitrogens with zero attached hydrogens (tertiary/aromatic N) is 3. The highest BCUT2D eigenvalue weighted by molar-refractivity contribution is 9.10. The number of hydrogen-bond acceptors (Lipinski definition) is 4. The smallest absolute Gasteiger partial charge is 0.143 e. The molecule has 0 aliphatic carbocycles. The van der Waals surface area contributed by atoms with E-state index < -0.39 is 0 Å². The van der Waals surface area contributed by atoms with Gasteiger partial charge in [0.05, 0.1) is 28.3 Å². The molecule has 1 rings (SSSR count). The Bertz CT molecular complexity index is 439. The molecule has 0 aliphatic rings. The molecular weight excluding hydrogens is 280 g/mol. The Hall–Kier alpha value is -1.28. The van der Waals surface area contributed by atoms with Crippen molar-refractivity contribution < 1.29 is 0 Å². The van der Waals surface area contributed by atoms with Crippen molar-refractivity contribution in [3.05, 3.63) is 16.2 Å². The predicted molar refractivity (Wildman–Crippen MR) is 73.8 cm³/mol. The van der Waals surface area contributed by atoms with Gasteiger partial charge in [-0.3, -0.25) is 0 Å². The third-order valence-corrected chi connectivity index (χ3v) is 3.63. The number of rotatable bonds is 4. The van der Waals surface area contributed by atoms with Crippen molar-refractivity contribution in [1.29, 1.82) is 5.26 Å². The zero-order chi connectivity index (χ0) is 13.0. The summed E-state index contributed by atoms with van der Waals surface area (Å²) in [6.45, 7) is 7.37. The summed E-state index contributed by atoms with van der Waals surface area (Å²) in [5.74, 6) is 0.822. The van der Waals surface area contributed by atoms with Crippen LogP contribution in [-0.2, 0) is 0 Å². The number of nitriles is 1. The first-order valence-electron chi connectivity index (χ1n) is 5.56. The molecule has 0 spiro atoms. The minimum Gasteiger partial charge on any atom is -0.397 e. The van der Waals surface area contributed by atoms with Crippen LogP contribution in [0.4, 0.5) is 11.5 Å². The number of nitrogen functional groups attached to an aromatic ring is 1. The van der Waals surface area contributed by atoms with E-state index in [-0.39, 0.29) is 5.92 Å². The molecule has 92 valence electrons. The molecule has 2 N–H and O–H groups in total. The molecule has 0 aromatic carbocycles. The number of nitrogens with two attached hydrogens (primary N) is 1. The monoisotopic (exact) mass is 296 g/mol. The van der Waals surface area contributed by atoms with Crippen molar-refractivity contribution in [2.24, 2.45) is 5.92 Å². The lowest BCUT2D eigenvalue weighted by Crippen LogP contribution is -2.29. The third kappa shape index (κ3) is 3.10. The Kier molecular flexibility index (Phi) is 4.76. The van der Waals surface area contributed by atoms with Gasteiger partial charge < -0.3 is 10.6 Å². The molecule has 17 heavy (non-hydrogen) atoms. The van der Waals surface area contributed by atoms with E-state index in [1.165, 1.54) is 0 Å². The van der Waals surface area contributed by atoms with Crippen LogP contribution >= 0.6 is 15.9 Å². The molecule has 4 nitrogen and oxygen atoms in total. The summed E-state index contributed by atoms with van der Waals surface area (Å²) >= 11 is 3.52. The van der Waals surface area contributed by atoms with Crippen LogP contribution in [0, 0.1) is 24.2 Å². The van der Waals surface area contributed by atoms with E-state index in [1.807, 2.05) is 20.8 Å². The minimum absolute atomic E-state index is 0.0264. The normalized spacial score (nSPS) is 11.9. The topological polar surface area (TPSA) is 65.9 Å². The summed E-state index contributed by atoms with van der Waals surface area (Å²) < 4.78 is 0.907. The summed E-state index contributed by atoms with van der Waals surface area (Å²) in [6, 6.07) is 2.24. The lowest BCUT2D eigenvalue weighted by Gasteiger charge is -2.25. The Morgan fingerprint density at radius 3 is 2.82 bits per heavy atom. The third-order valence-electron chi connectivity index (χ3n) is 2.68. The van der Waals surface area contributed by atoms with Gasteiger partial charge in [0.25, 0.3) is 0 Å². The number of aromatic nitrogens is 1. The summed E-state index contributed by atoms with van der Waals surface area (Å²) in [4.78, 5) is 6.42. The van der Waals surface area contributed by atoms with Crippen LogP contribution in [0.25, 0.3) is 0 Å². The molecule has 5 heteroatoms. The molecular formula is C12H17BrN4. The molecule has 0 fully saturated rings. The van der Waals surface area contributed by atoms with Gasteiger partial charge in [0.15, 0.2) is 0 Å². The van der Waals surface area contributed by atoms with Gasteiger partial charge in [-0.25, -0.2) is 4.98 Å². The van der Waals surface area contributed by atoms with Crippen molar-refractivity contribution in [3.63, 3.8) is 0 Å². The van der Waals surface area contributed by atoms with Crippen LogP contribution in [0.1, 0.15) is 19.4 Å². The van der Waals surface area contributed by atoms with Crippen molar-refractivity contribution in [2.45, 2.75) is 20.8 Å². The number of hydrogen-bond donors (Lipinski definition) is 1. The highest BCUT2D eigenvalue weighted by Crippen LogP contribution is 2.30. The van der Waals surface area contributed by atoms with Crippen LogP contribution in [0.15, 0.2) is 10.7 Å². The second-order valence-electron chi connectivity index (χ2n) is 4.04. The summed E-state index contributed by atoms with van der Waals surface area (Å²) in [7, 11) is 0. The molecule has 0 saturated heterocycles. The first-order chi connectivity index (χ1) is 8.01. The Labute approximate surface area is 111 Å². The average Bonchev–Trinajstić information content (AvgIpc) is 2.33. The van der Waals surface area contributed by atoms with E-state index in [4.69, 9.17) is 11.0 Å².